The molecule has 1 unspecified atom stereocenters. The zero-order valence-corrected chi connectivity index (χ0v) is 11.8. The number of aromatic amines is 1. The lowest BCUT2D eigenvalue weighted by molar-refractivity contribution is 0.0937. The molecule has 0 radical (unpaired) electrons. The monoisotopic (exact) mass is 284 g/mol. The van der Waals surface area contributed by atoms with E-state index in [0.29, 0.717) is 17.0 Å². The van der Waals surface area contributed by atoms with E-state index in [1.165, 1.54) is 6.33 Å². The van der Waals surface area contributed by atoms with Crippen molar-refractivity contribution in [3.05, 3.63) is 47.0 Å². The maximum absolute atomic E-state index is 12.3. The van der Waals surface area contributed by atoms with Gasteiger partial charge in [0.2, 0.25) is 0 Å². The summed E-state index contributed by atoms with van der Waals surface area (Å²) >= 11 is 0. The molecule has 2 aromatic rings. The minimum absolute atomic E-state index is 0.205. The van der Waals surface area contributed by atoms with Gasteiger partial charge in [-0.05, 0) is 31.5 Å². The first-order valence-corrected chi connectivity index (χ1v) is 6.48. The largest absolute Gasteiger partial charge is 0.384 e. The fourth-order valence-electron chi connectivity index (χ4n) is 1.85. The molecular formula is C15H16N4O2. The zero-order chi connectivity index (χ0) is 15.2. The molecule has 0 spiro atoms. The highest BCUT2D eigenvalue weighted by Crippen LogP contribution is 2.13. The number of H-pyrrole nitrogens is 1. The highest BCUT2D eigenvalue weighted by atomic mass is 16.2. The van der Waals surface area contributed by atoms with Crippen LogP contribution in [0.2, 0.25) is 0 Å². The summed E-state index contributed by atoms with van der Waals surface area (Å²) in [5, 5.41) is 18.0. The Balaban J connectivity index is 2.18. The van der Waals surface area contributed by atoms with Crippen LogP contribution in [-0.4, -0.2) is 32.8 Å². The molecule has 1 atom stereocenters. The lowest BCUT2D eigenvalue weighted by Crippen LogP contribution is -2.28. The van der Waals surface area contributed by atoms with Gasteiger partial charge in [0.25, 0.3) is 5.91 Å². The third-order valence-electron chi connectivity index (χ3n) is 2.99. The molecule has 0 bridgehead atoms. The second kappa shape index (κ2) is 6.68. The summed E-state index contributed by atoms with van der Waals surface area (Å²) in [4.78, 5) is 16.3. The van der Waals surface area contributed by atoms with E-state index in [2.05, 4.69) is 32.3 Å². The summed E-state index contributed by atoms with van der Waals surface area (Å²) in [6, 6.07) is 5.08. The quantitative estimate of drug-likeness (QED) is 0.732. The molecule has 21 heavy (non-hydrogen) atoms. The molecule has 0 aliphatic carbocycles. The van der Waals surface area contributed by atoms with Crippen LogP contribution in [0.4, 0.5) is 0 Å². The molecule has 1 amide bonds. The Morgan fingerprint density at radius 2 is 2.33 bits per heavy atom. The van der Waals surface area contributed by atoms with Crippen LogP contribution in [0.15, 0.2) is 24.5 Å². The number of aliphatic hydroxyl groups excluding tert-OH is 1. The van der Waals surface area contributed by atoms with E-state index in [0.717, 1.165) is 5.56 Å². The first kappa shape index (κ1) is 14.8. The van der Waals surface area contributed by atoms with Crippen molar-refractivity contribution in [1.82, 2.24) is 20.5 Å². The van der Waals surface area contributed by atoms with Crippen LogP contribution in [0.5, 0.6) is 0 Å². The molecule has 6 heteroatoms. The molecule has 0 fully saturated rings. The van der Waals surface area contributed by atoms with Crippen molar-refractivity contribution in [2.45, 2.75) is 19.9 Å². The first-order valence-electron chi connectivity index (χ1n) is 6.48. The molecule has 2 rings (SSSR count). The van der Waals surface area contributed by atoms with Crippen LogP contribution in [0.3, 0.4) is 0 Å². The maximum Gasteiger partial charge on any atom is 0.252 e. The van der Waals surface area contributed by atoms with Gasteiger partial charge in [-0.2, -0.15) is 5.10 Å². The number of aryl methyl sites for hydroxylation is 1. The second-order valence-electron chi connectivity index (χ2n) is 4.56. The van der Waals surface area contributed by atoms with Crippen LogP contribution in [0, 0.1) is 18.8 Å². The summed E-state index contributed by atoms with van der Waals surface area (Å²) < 4.78 is 0. The Bertz CT molecular complexity index is 683. The van der Waals surface area contributed by atoms with Crippen molar-refractivity contribution in [2.75, 3.05) is 6.61 Å². The predicted octanol–water partition coefficient (Wildman–Crippen LogP) is 0.948. The predicted molar refractivity (Wildman–Crippen MR) is 77.4 cm³/mol. The number of benzene rings is 1. The van der Waals surface area contributed by atoms with Gasteiger partial charge in [-0.15, -0.1) is 0 Å². The lowest BCUT2D eigenvalue weighted by Gasteiger charge is -2.12. The van der Waals surface area contributed by atoms with E-state index >= 15 is 0 Å². The standard InChI is InChI=1S/C15H16N4O2/c1-10-5-6-12(4-3-7-20)8-13(10)15(21)18-11(2)14-16-9-17-19-14/h5-6,8-9,11,20H,7H2,1-2H3,(H,18,21)(H,16,17,19). The Labute approximate surface area is 122 Å². The average Bonchev–Trinajstić information content (AvgIpc) is 3.00. The Hall–Kier alpha value is -2.65. The molecule has 1 aromatic carbocycles. The van der Waals surface area contributed by atoms with Crippen molar-refractivity contribution in [3.63, 3.8) is 0 Å². The van der Waals surface area contributed by atoms with Crippen LogP contribution in [-0.2, 0) is 0 Å². The van der Waals surface area contributed by atoms with E-state index in [4.69, 9.17) is 5.11 Å². The average molecular weight is 284 g/mol. The van der Waals surface area contributed by atoms with Gasteiger partial charge in [0.05, 0.1) is 6.04 Å². The highest BCUT2D eigenvalue weighted by molar-refractivity contribution is 5.96. The van der Waals surface area contributed by atoms with Crippen molar-refractivity contribution < 1.29 is 9.90 Å². The number of aromatic nitrogens is 3. The van der Waals surface area contributed by atoms with Gasteiger partial charge in [0.15, 0.2) is 0 Å². The van der Waals surface area contributed by atoms with Crippen LogP contribution in [0.25, 0.3) is 0 Å². The molecule has 108 valence electrons. The number of nitrogens with one attached hydrogen (secondary N) is 2. The number of hydrogen-bond donors (Lipinski definition) is 3. The minimum atomic E-state index is -0.272. The third kappa shape index (κ3) is 3.68. The lowest BCUT2D eigenvalue weighted by atomic mass is 10.0. The fourth-order valence-corrected chi connectivity index (χ4v) is 1.85. The van der Waals surface area contributed by atoms with Crippen molar-refractivity contribution in [1.29, 1.82) is 0 Å². The van der Waals surface area contributed by atoms with E-state index < -0.39 is 0 Å². The molecular weight excluding hydrogens is 268 g/mol. The van der Waals surface area contributed by atoms with Gasteiger partial charge in [0.1, 0.15) is 18.8 Å². The molecule has 0 saturated carbocycles. The Kier molecular flexibility index (Phi) is 4.69. The topological polar surface area (TPSA) is 90.9 Å². The van der Waals surface area contributed by atoms with E-state index in [1.54, 1.807) is 6.07 Å². The number of carbonyl (C=O) groups is 1. The molecule has 0 aliphatic rings. The second-order valence-corrected chi connectivity index (χ2v) is 4.56. The summed E-state index contributed by atoms with van der Waals surface area (Å²) in [5.41, 5.74) is 2.09. The van der Waals surface area contributed by atoms with Crippen LogP contribution in [0.1, 0.15) is 40.3 Å². The van der Waals surface area contributed by atoms with Crippen molar-refractivity contribution in [2.24, 2.45) is 0 Å². The van der Waals surface area contributed by atoms with Gasteiger partial charge in [-0.1, -0.05) is 17.9 Å². The summed E-state index contributed by atoms with van der Waals surface area (Å²) in [6.07, 6.45) is 1.40. The van der Waals surface area contributed by atoms with Crippen LogP contribution >= 0.6 is 0 Å². The SMILES string of the molecule is Cc1ccc(C#CCO)cc1C(=O)NC(C)c1ncn[nH]1. The number of hydrogen-bond acceptors (Lipinski definition) is 4. The van der Waals surface area contributed by atoms with E-state index in [-0.39, 0.29) is 18.6 Å². The maximum atomic E-state index is 12.3. The minimum Gasteiger partial charge on any atom is -0.384 e. The number of aliphatic hydroxyl groups is 1. The number of rotatable bonds is 3. The summed E-state index contributed by atoms with van der Waals surface area (Å²) in [5.74, 6) is 5.74. The molecule has 1 aromatic heterocycles. The smallest absolute Gasteiger partial charge is 0.252 e. The zero-order valence-electron chi connectivity index (χ0n) is 11.8. The number of carbonyl (C=O) groups excluding carboxylic acids is 1. The molecule has 1 heterocycles. The summed E-state index contributed by atoms with van der Waals surface area (Å²) in [6.45, 7) is 3.47. The van der Waals surface area contributed by atoms with E-state index in [1.807, 2.05) is 26.0 Å². The van der Waals surface area contributed by atoms with Gasteiger partial charge in [-0.25, -0.2) is 4.98 Å². The van der Waals surface area contributed by atoms with Crippen molar-refractivity contribution >= 4 is 5.91 Å². The van der Waals surface area contributed by atoms with Crippen LogP contribution < -0.4 is 5.32 Å². The number of amides is 1. The highest BCUT2D eigenvalue weighted by Gasteiger charge is 2.15. The fraction of sp³-hybridized carbons (Fsp3) is 0.267. The Morgan fingerprint density at radius 1 is 1.52 bits per heavy atom. The summed E-state index contributed by atoms with van der Waals surface area (Å²) in [7, 11) is 0. The third-order valence-corrected chi connectivity index (χ3v) is 2.99. The van der Waals surface area contributed by atoms with Gasteiger partial charge in [0, 0.05) is 11.1 Å². The van der Waals surface area contributed by atoms with Gasteiger partial charge < -0.3 is 10.4 Å². The van der Waals surface area contributed by atoms with Crippen molar-refractivity contribution in [3.8, 4) is 11.8 Å². The molecule has 6 nitrogen and oxygen atoms in total. The molecule has 0 saturated heterocycles. The first-order chi connectivity index (χ1) is 10.1. The molecule has 3 N–H and O–H groups in total. The van der Waals surface area contributed by atoms with E-state index in [9.17, 15) is 4.79 Å². The van der Waals surface area contributed by atoms with Gasteiger partial charge in [-0.3, -0.25) is 9.89 Å². The normalized spacial score (nSPS) is 11.4. The Morgan fingerprint density at radius 3 is 3.00 bits per heavy atom. The number of nitrogens with zero attached hydrogens (tertiary/aromatic N) is 2. The van der Waals surface area contributed by atoms with Gasteiger partial charge >= 0.3 is 0 Å². The molecule has 0 aliphatic heterocycles.